The summed E-state index contributed by atoms with van der Waals surface area (Å²) >= 11 is 0. The number of nitrogens with one attached hydrogen (secondary N) is 1. The lowest BCUT2D eigenvalue weighted by molar-refractivity contribution is -0.151. The second kappa shape index (κ2) is 7.57. The minimum atomic E-state index is -0.842. The van der Waals surface area contributed by atoms with Gasteiger partial charge in [0.2, 0.25) is 5.91 Å². The number of carbonyl (C=O) groups is 2. The van der Waals surface area contributed by atoms with Gasteiger partial charge in [-0.3, -0.25) is 9.59 Å². The molecule has 2 rings (SSSR count). The van der Waals surface area contributed by atoms with Crippen LogP contribution < -0.4 is 5.32 Å². The van der Waals surface area contributed by atoms with E-state index in [-0.39, 0.29) is 18.3 Å². The van der Waals surface area contributed by atoms with Gasteiger partial charge in [-0.25, -0.2) is 4.39 Å². The SMILES string of the molecule is CC(Cc1ccccc1F)C(=O)NCC1(C(=O)O)CCCCC1. The van der Waals surface area contributed by atoms with E-state index in [0.717, 1.165) is 19.3 Å². The van der Waals surface area contributed by atoms with Crippen molar-refractivity contribution in [3.63, 3.8) is 0 Å². The van der Waals surface area contributed by atoms with Crippen molar-refractivity contribution >= 4 is 11.9 Å². The number of halogens is 1. The molecule has 0 aromatic heterocycles. The molecule has 1 aromatic rings. The number of benzene rings is 1. The second-order valence-electron chi connectivity index (χ2n) is 6.56. The topological polar surface area (TPSA) is 66.4 Å². The van der Waals surface area contributed by atoms with E-state index >= 15 is 0 Å². The summed E-state index contributed by atoms with van der Waals surface area (Å²) in [5.74, 6) is -1.78. The third-order valence-electron chi connectivity index (χ3n) is 4.80. The summed E-state index contributed by atoms with van der Waals surface area (Å²) in [5.41, 5.74) is -0.341. The maximum absolute atomic E-state index is 13.6. The number of amides is 1. The Balaban J connectivity index is 1.93. The van der Waals surface area contributed by atoms with E-state index < -0.39 is 17.3 Å². The summed E-state index contributed by atoms with van der Waals surface area (Å²) in [6.45, 7) is 1.89. The van der Waals surface area contributed by atoms with Gasteiger partial charge in [0, 0.05) is 12.5 Å². The zero-order valence-electron chi connectivity index (χ0n) is 13.5. The summed E-state index contributed by atoms with van der Waals surface area (Å²) in [5, 5.41) is 12.3. The van der Waals surface area contributed by atoms with Gasteiger partial charge in [-0.15, -0.1) is 0 Å². The number of aliphatic carboxylic acids is 1. The summed E-state index contributed by atoms with van der Waals surface area (Å²) < 4.78 is 13.6. The highest BCUT2D eigenvalue weighted by atomic mass is 19.1. The van der Waals surface area contributed by atoms with Crippen molar-refractivity contribution in [2.24, 2.45) is 11.3 Å². The van der Waals surface area contributed by atoms with Crippen molar-refractivity contribution in [2.45, 2.75) is 45.4 Å². The number of hydrogen-bond donors (Lipinski definition) is 2. The van der Waals surface area contributed by atoms with Crippen LogP contribution in [0.15, 0.2) is 24.3 Å². The van der Waals surface area contributed by atoms with Crippen LogP contribution in [0.5, 0.6) is 0 Å². The maximum atomic E-state index is 13.6. The van der Waals surface area contributed by atoms with Crippen LogP contribution in [-0.2, 0) is 16.0 Å². The molecule has 2 N–H and O–H groups in total. The number of carboxylic acids is 1. The molecule has 5 heteroatoms. The summed E-state index contributed by atoms with van der Waals surface area (Å²) in [4.78, 5) is 23.8. The number of carbonyl (C=O) groups excluding carboxylic acids is 1. The highest BCUT2D eigenvalue weighted by molar-refractivity contribution is 5.80. The third kappa shape index (κ3) is 4.30. The molecule has 0 bridgehead atoms. The predicted octanol–water partition coefficient (Wildman–Crippen LogP) is 3.16. The Morgan fingerprint density at radius 3 is 2.52 bits per heavy atom. The van der Waals surface area contributed by atoms with Crippen LogP contribution in [0.1, 0.15) is 44.6 Å². The third-order valence-corrected chi connectivity index (χ3v) is 4.80. The van der Waals surface area contributed by atoms with Gasteiger partial charge in [-0.1, -0.05) is 44.4 Å². The van der Waals surface area contributed by atoms with Gasteiger partial charge in [0.15, 0.2) is 0 Å². The van der Waals surface area contributed by atoms with Crippen LogP contribution in [-0.4, -0.2) is 23.5 Å². The Bertz CT molecular complexity index is 567. The molecule has 1 saturated carbocycles. The lowest BCUT2D eigenvalue weighted by atomic mass is 9.74. The van der Waals surface area contributed by atoms with Gasteiger partial charge in [-0.2, -0.15) is 0 Å². The first kappa shape index (κ1) is 17.4. The quantitative estimate of drug-likeness (QED) is 0.846. The molecule has 1 atom stereocenters. The fourth-order valence-corrected chi connectivity index (χ4v) is 3.21. The van der Waals surface area contributed by atoms with Crippen LogP contribution in [0.4, 0.5) is 4.39 Å². The normalized spacial score (nSPS) is 18.2. The smallest absolute Gasteiger partial charge is 0.311 e. The maximum Gasteiger partial charge on any atom is 0.311 e. The first-order chi connectivity index (χ1) is 10.9. The second-order valence-corrected chi connectivity index (χ2v) is 6.56. The predicted molar refractivity (Wildman–Crippen MR) is 85.4 cm³/mol. The van der Waals surface area contributed by atoms with Crippen molar-refractivity contribution in [1.29, 1.82) is 0 Å². The van der Waals surface area contributed by atoms with Crippen molar-refractivity contribution < 1.29 is 19.1 Å². The first-order valence-corrected chi connectivity index (χ1v) is 8.19. The highest BCUT2D eigenvalue weighted by Gasteiger charge is 2.40. The van der Waals surface area contributed by atoms with Crippen molar-refractivity contribution in [2.75, 3.05) is 6.54 Å². The van der Waals surface area contributed by atoms with E-state index in [9.17, 15) is 19.1 Å². The molecule has 1 aliphatic carbocycles. The molecule has 1 fully saturated rings. The average Bonchev–Trinajstić information content (AvgIpc) is 2.55. The minimum absolute atomic E-state index is 0.156. The molecule has 0 heterocycles. The van der Waals surface area contributed by atoms with Crippen LogP contribution in [0.3, 0.4) is 0 Å². The fraction of sp³-hybridized carbons (Fsp3) is 0.556. The summed E-state index contributed by atoms with van der Waals surface area (Å²) in [6.07, 6.45) is 4.32. The Morgan fingerprint density at radius 2 is 1.91 bits per heavy atom. The molecular weight excluding hydrogens is 297 g/mol. The van der Waals surface area contributed by atoms with E-state index in [1.165, 1.54) is 6.07 Å². The fourth-order valence-electron chi connectivity index (χ4n) is 3.21. The zero-order valence-corrected chi connectivity index (χ0v) is 13.5. The van der Waals surface area contributed by atoms with Crippen molar-refractivity contribution in [3.05, 3.63) is 35.6 Å². The molecule has 1 aromatic carbocycles. The van der Waals surface area contributed by atoms with E-state index in [0.29, 0.717) is 24.8 Å². The van der Waals surface area contributed by atoms with Crippen LogP contribution in [0.25, 0.3) is 0 Å². The Hall–Kier alpha value is -1.91. The Kier molecular flexibility index (Phi) is 5.74. The highest BCUT2D eigenvalue weighted by Crippen LogP contribution is 2.36. The van der Waals surface area contributed by atoms with E-state index in [1.807, 2.05) is 0 Å². The van der Waals surface area contributed by atoms with E-state index in [4.69, 9.17) is 0 Å². The lowest BCUT2D eigenvalue weighted by Crippen LogP contribution is -2.45. The van der Waals surface area contributed by atoms with Crippen molar-refractivity contribution in [1.82, 2.24) is 5.32 Å². The number of rotatable bonds is 6. The molecule has 1 unspecified atom stereocenters. The van der Waals surface area contributed by atoms with Crippen LogP contribution >= 0.6 is 0 Å². The summed E-state index contributed by atoms with van der Waals surface area (Å²) in [6, 6.07) is 6.40. The van der Waals surface area contributed by atoms with Gasteiger partial charge in [-0.05, 0) is 30.9 Å². The van der Waals surface area contributed by atoms with Gasteiger partial charge >= 0.3 is 5.97 Å². The molecule has 0 radical (unpaired) electrons. The van der Waals surface area contributed by atoms with Gasteiger partial charge in [0.05, 0.1) is 5.41 Å². The van der Waals surface area contributed by atoms with Gasteiger partial charge in [0.1, 0.15) is 5.82 Å². The van der Waals surface area contributed by atoms with Crippen LogP contribution in [0.2, 0.25) is 0 Å². The van der Waals surface area contributed by atoms with E-state index in [1.54, 1.807) is 25.1 Å². The molecule has 4 nitrogen and oxygen atoms in total. The average molecular weight is 321 g/mol. The minimum Gasteiger partial charge on any atom is -0.481 e. The Morgan fingerprint density at radius 1 is 1.26 bits per heavy atom. The zero-order chi connectivity index (χ0) is 16.9. The molecule has 23 heavy (non-hydrogen) atoms. The number of carboxylic acid groups (broad SMARTS) is 1. The standard InChI is InChI=1S/C18H24FNO3/c1-13(11-14-7-3-4-8-15(14)19)16(21)20-12-18(17(22)23)9-5-2-6-10-18/h3-4,7-8,13H,2,5-6,9-12H2,1H3,(H,20,21)(H,22,23). The molecule has 1 aliphatic rings. The van der Waals surface area contributed by atoms with Gasteiger partial charge in [0.25, 0.3) is 0 Å². The molecule has 1 amide bonds. The lowest BCUT2D eigenvalue weighted by Gasteiger charge is -2.33. The largest absolute Gasteiger partial charge is 0.481 e. The molecule has 0 aliphatic heterocycles. The molecule has 126 valence electrons. The monoisotopic (exact) mass is 321 g/mol. The van der Waals surface area contributed by atoms with Crippen LogP contribution in [0, 0.1) is 17.2 Å². The van der Waals surface area contributed by atoms with Gasteiger partial charge < -0.3 is 10.4 Å². The summed E-state index contributed by atoms with van der Waals surface area (Å²) in [7, 11) is 0. The first-order valence-electron chi connectivity index (χ1n) is 8.19. The molecular formula is C18H24FNO3. The Labute approximate surface area is 136 Å². The van der Waals surface area contributed by atoms with E-state index in [2.05, 4.69) is 5.32 Å². The molecule has 0 saturated heterocycles. The van der Waals surface area contributed by atoms with Crippen molar-refractivity contribution in [3.8, 4) is 0 Å². The molecule has 0 spiro atoms. The number of hydrogen-bond acceptors (Lipinski definition) is 2.